The lowest BCUT2D eigenvalue weighted by Gasteiger charge is -2.22. The van der Waals surface area contributed by atoms with Crippen molar-refractivity contribution in [2.24, 2.45) is 17.8 Å². The van der Waals surface area contributed by atoms with Gasteiger partial charge in [0.25, 0.3) is 0 Å². The molecule has 1 aromatic rings. The Hall–Kier alpha value is -1.00. The zero-order chi connectivity index (χ0) is 14.1. The van der Waals surface area contributed by atoms with Gasteiger partial charge >= 0.3 is 0 Å². The number of hydrogen-bond acceptors (Lipinski definition) is 2. The Morgan fingerprint density at radius 2 is 2.05 bits per heavy atom. The van der Waals surface area contributed by atoms with Crippen LogP contribution >= 0.6 is 0 Å². The number of benzene rings is 1. The van der Waals surface area contributed by atoms with Crippen LogP contribution < -0.4 is 5.32 Å². The number of fused-ring (bicyclic) bond motifs is 2. The predicted octanol–water partition coefficient (Wildman–Crippen LogP) is 3.02. The molecule has 0 spiro atoms. The summed E-state index contributed by atoms with van der Waals surface area (Å²) in [5, 5.41) is 13.3. The van der Waals surface area contributed by atoms with E-state index in [1.165, 1.54) is 31.7 Å². The Morgan fingerprint density at radius 1 is 1.20 bits per heavy atom. The first-order chi connectivity index (χ1) is 9.63. The van der Waals surface area contributed by atoms with Gasteiger partial charge in [0.2, 0.25) is 0 Å². The smallest absolute Gasteiger partial charge is 0.159 e. The molecule has 0 saturated heterocycles. The molecule has 3 rings (SSSR count). The Kier molecular flexibility index (Phi) is 4.03. The Labute approximate surface area is 118 Å². The number of nitrogens with one attached hydrogen (secondary N) is 1. The summed E-state index contributed by atoms with van der Waals surface area (Å²) in [5.41, 5.74) is 0.421. The molecule has 4 atom stereocenters. The van der Waals surface area contributed by atoms with Crippen LogP contribution in [0.2, 0.25) is 0 Å². The molecule has 1 aromatic carbocycles. The van der Waals surface area contributed by atoms with Gasteiger partial charge in [-0.05, 0) is 61.3 Å². The number of hydrogen-bond donors (Lipinski definition) is 2. The van der Waals surface area contributed by atoms with Crippen molar-refractivity contribution in [1.29, 1.82) is 0 Å². The maximum atomic E-state index is 13.1. The highest BCUT2D eigenvalue weighted by atomic mass is 19.2. The minimum Gasteiger partial charge on any atom is -0.387 e. The summed E-state index contributed by atoms with van der Waals surface area (Å²) in [7, 11) is 0. The van der Waals surface area contributed by atoms with Crippen LogP contribution in [0.15, 0.2) is 18.2 Å². The van der Waals surface area contributed by atoms with Crippen molar-refractivity contribution < 1.29 is 13.9 Å². The number of aliphatic hydroxyl groups is 1. The SMILES string of the molecule is OC(CNCC1CC2CCC1C2)c1ccc(F)c(F)c1. The number of rotatable bonds is 5. The van der Waals surface area contributed by atoms with Gasteiger partial charge in [0, 0.05) is 6.54 Å². The lowest BCUT2D eigenvalue weighted by atomic mass is 9.89. The van der Waals surface area contributed by atoms with Gasteiger partial charge in [-0.2, -0.15) is 0 Å². The van der Waals surface area contributed by atoms with Crippen molar-refractivity contribution in [3.63, 3.8) is 0 Å². The molecule has 0 aliphatic heterocycles. The average Bonchev–Trinajstić information content (AvgIpc) is 3.04. The fourth-order valence-electron chi connectivity index (χ4n) is 3.87. The van der Waals surface area contributed by atoms with Gasteiger partial charge in [-0.15, -0.1) is 0 Å². The van der Waals surface area contributed by atoms with E-state index in [0.717, 1.165) is 36.4 Å². The van der Waals surface area contributed by atoms with E-state index < -0.39 is 17.7 Å². The molecule has 20 heavy (non-hydrogen) atoms. The van der Waals surface area contributed by atoms with E-state index in [1.54, 1.807) is 0 Å². The van der Waals surface area contributed by atoms with E-state index in [9.17, 15) is 13.9 Å². The van der Waals surface area contributed by atoms with Gasteiger partial charge in [0.15, 0.2) is 11.6 Å². The Bertz CT molecular complexity index is 480. The summed E-state index contributed by atoms with van der Waals surface area (Å²) in [4.78, 5) is 0. The molecule has 2 bridgehead atoms. The molecular formula is C16H21F2NO. The second kappa shape index (κ2) is 5.78. The zero-order valence-electron chi connectivity index (χ0n) is 11.5. The van der Waals surface area contributed by atoms with Crippen LogP contribution in [0, 0.1) is 29.4 Å². The maximum Gasteiger partial charge on any atom is 0.159 e. The van der Waals surface area contributed by atoms with Crippen molar-refractivity contribution in [2.75, 3.05) is 13.1 Å². The van der Waals surface area contributed by atoms with E-state index >= 15 is 0 Å². The fraction of sp³-hybridized carbons (Fsp3) is 0.625. The zero-order valence-corrected chi connectivity index (χ0v) is 11.5. The molecule has 0 heterocycles. The lowest BCUT2D eigenvalue weighted by Crippen LogP contribution is -2.29. The van der Waals surface area contributed by atoms with E-state index in [-0.39, 0.29) is 0 Å². The minimum atomic E-state index is -0.908. The molecule has 2 saturated carbocycles. The number of aliphatic hydroxyl groups excluding tert-OH is 1. The predicted molar refractivity (Wildman–Crippen MR) is 73.1 cm³/mol. The molecule has 2 aliphatic rings. The monoisotopic (exact) mass is 281 g/mol. The van der Waals surface area contributed by atoms with Gasteiger partial charge in [0.1, 0.15) is 0 Å². The molecule has 0 radical (unpaired) electrons. The van der Waals surface area contributed by atoms with Gasteiger partial charge in [-0.1, -0.05) is 12.5 Å². The van der Waals surface area contributed by atoms with Gasteiger partial charge in [-0.3, -0.25) is 0 Å². The molecule has 2 nitrogen and oxygen atoms in total. The van der Waals surface area contributed by atoms with Crippen LogP contribution in [-0.2, 0) is 0 Å². The summed E-state index contributed by atoms with van der Waals surface area (Å²) >= 11 is 0. The fourth-order valence-corrected chi connectivity index (χ4v) is 3.87. The normalized spacial score (nSPS) is 29.9. The third-order valence-electron chi connectivity index (χ3n) is 4.96. The molecule has 4 unspecified atom stereocenters. The Morgan fingerprint density at radius 3 is 2.70 bits per heavy atom. The summed E-state index contributed by atoms with van der Waals surface area (Å²) in [5.74, 6) is 0.715. The van der Waals surface area contributed by atoms with E-state index in [0.29, 0.717) is 12.1 Å². The third kappa shape index (κ3) is 2.86. The van der Waals surface area contributed by atoms with Crippen molar-refractivity contribution in [2.45, 2.75) is 31.8 Å². The lowest BCUT2D eigenvalue weighted by molar-refractivity contribution is 0.169. The van der Waals surface area contributed by atoms with Crippen molar-refractivity contribution in [3.8, 4) is 0 Å². The van der Waals surface area contributed by atoms with E-state index in [4.69, 9.17) is 0 Å². The van der Waals surface area contributed by atoms with Gasteiger partial charge in [0.05, 0.1) is 6.10 Å². The molecule has 2 aliphatic carbocycles. The van der Waals surface area contributed by atoms with Crippen molar-refractivity contribution >= 4 is 0 Å². The largest absolute Gasteiger partial charge is 0.387 e. The summed E-state index contributed by atoms with van der Waals surface area (Å²) in [6.07, 6.45) is 4.63. The summed E-state index contributed by atoms with van der Waals surface area (Å²) < 4.78 is 25.9. The first kappa shape index (κ1) is 14.0. The quantitative estimate of drug-likeness (QED) is 0.869. The standard InChI is InChI=1S/C16H21F2NO/c17-14-4-3-12(7-15(14)18)16(20)9-19-8-13-6-10-1-2-11(13)5-10/h3-4,7,10-11,13,16,19-20H,1-2,5-6,8-9H2. The van der Waals surface area contributed by atoms with Gasteiger partial charge < -0.3 is 10.4 Å². The van der Waals surface area contributed by atoms with Crippen molar-refractivity contribution in [3.05, 3.63) is 35.4 Å². The van der Waals surface area contributed by atoms with E-state index in [2.05, 4.69) is 5.32 Å². The highest BCUT2D eigenvalue weighted by molar-refractivity contribution is 5.20. The maximum absolute atomic E-state index is 13.1. The van der Waals surface area contributed by atoms with Crippen molar-refractivity contribution in [1.82, 2.24) is 5.32 Å². The van der Waals surface area contributed by atoms with Crippen LogP contribution in [0.25, 0.3) is 0 Å². The average molecular weight is 281 g/mol. The summed E-state index contributed by atoms with van der Waals surface area (Å²) in [6.45, 7) is 1.31. The van der Waals surface area contributed by atoms with Gasteiger partial charge in [-0.25, -0.2) is 8.78 Å². The molecule has 2 N–H and O–H groups in total. The Balaban J connectivity index is 1.47. The van der Waals surface area contributed by atoms with Crippen LogP contribution in [0.3, 0.4) is 0 Å². The van der Waals surface area contributed by atoms with Crippen LogP contribution in [0.4, 0.5) is 8.78 Å². The first-order valence-electron chi connectivity index (χ1n) is 7.47. The molecule has 110 valence electrons. The molecule has 4 heteroatoms. The van der Waals surface area contributed by atoms with Crippen LogP contribution in [0.1, 0.15) is 37.4 Å². The topological polar surface area (TPSA) is 32.3 Å². The molecular weight excluding hydrogens is 260 g/mol. The van der Waals surface area contributed by atoms with E-state index in [1.807, 2.05) is 0 Å². The molecule has 0 amide bonds. The number of halogens is 2. The molecule has 2 fully saturated rings. The highest BCUT2D eigenvalue weighted by Crippen LogP contribution is 2.47. The summed E-state index contributed by atoms with van der Waals surface area (Å²) in [6, 6.07) is 3.56. The highest BCUT2D eigenvalue weighted by Gasteiger charge is 2.38. The second-order valence-electron chi connectivity index (χ2n) is 6.28. The first-order valence-corrected chi connectivity index (χ1v) is 7.47. The second-order valence-corrected chi connectivity index (χ2v) is 6.28. The molecule has 0 aromatic heterocycles. The minimum absolute atomic E-state index is 0.388. The van der Waals surface area contributed by atoms with Crippen LogP contribution in [0.5, 0.6) is 0 Å². The third-order valence-corrected chi connectivity index (χ3v) is 4.96. The van der Waals surface area contributed by atoms with Crippen LogP contribution in [-0.4, -0.2) is 18.2 Å².